The van der Waals surface area contributed by atoms with Crippen LogP contribution in [0.1, 0.15) is 27.9 Å². The Morgan fingerprint density at radius 1 is 1.47 bits per heavy atom. The molecule has 2 heterocycles. The number of carbonyl (C=O) groups excluding carboxylic acids is 2. The molecule has 0 saturated carbocycles. The molecule has 0 N–H and O–H groups in total. The third kappa shape index (κ3) is 3.42. The molecule has 104 valence electrons. The number of methoxy groups -OCH3 is 1. The predicted octanol–water partition coefficient (Wildman–Crippen LogP) is 2.32. The van der Waals surface area contributed by atoms with Crippen LogP contribution in [-0.2, 0) is 20.7 Å². The summed E-state index contributed by atoms with van der Waals surface area (Å²) >= 11 is 1.39. The number of ether oxygens (including phenoxy) is 2. The van der Waals surface area contributed by atoms with Crippen molar-refractivity contribution < 1.29 is 19.1 Å². The van der Waals surface area contributed by atoms with E-state index in [4.69, 9.17) is 4.74 Å². The summed E-state index contributed by atoms with van der Waals surface area (Å²) in [7, 11) is 1.37. The Kier molecular flexibility index (Phi) is 4.71. The molecule has 0 amide bonds. The van der Waals surface area contributed by atoms with E-state index in [1.165, 1.54) is 18.4 Å². The molecule has 1 saturated heterocycles. The fourth-order valence-corrected chi connectivity index (χ4v) is 3.27. The fourth-order valence-electron chi connectivity index (χ4n) is 2.27. The van der Waals surface area contributed by atoms with E-state index in [-0.39, 0.29) is 30.0 Å². The van der Waals surface area contributed by atoms with Gasteiger partial charge in [0.05, 0.1) is 18.4 Å². The summed E-state index contributed by atoms with van der Waals surface area (Å²) in [5, 5.41) is 0. The zero-order chi connectivity index (χ0) is 13.8. The van der Waals surface area contributed by atoms with Crippen LogP contribution in [-0.4, -0.2) is 32.1 Å². The minimum absolute atomic E-state index is 0.0402. The quantitative estimate of drug-likeness (QED) is 0.628. The molecule has 2 unspecified atom stereocenters. The van der Waals surface area contributed by atoms with Crippen molar-refractivity contribution in [3.05, 3.63) is 21.9 Å². The Morgan fingerprint density at radius 2 is 2.26 bits per heavy atom. The number of Topliss-reactive ketones (excluding diaryl/α,β-unsaturated/α-hetero) is 1. The first-order valence-electron chi connectivity index (χ1n) is 6.39. The lowest BCUT2D eigenvalue weighted by molar-refractivity contribution is -0.139. The van der Waals surface area contributed by atoms with Crippen LogP contribution in [0.25, 0.3) is 0 Å². The first-order valence-corrected chi connectivity index (χ1v) is 7.21. The van der Waals surface area contributed by atoms with Crippen LogP contribution in [0.3, 0.4) is 0 Å². The molecule has 0 aromatic carbocycles. The summed E-state index contributed by atoms with van der Waals surface area (Å²) in [6.45, 7) is 3.35. The Morgan fingerprint density at radius 3 is 2.95 bits per heavy atom. The number of hydrogen-bond acceptors (Lipinski definition) is 5. The van der Waals surface area contributed by atoms with Crippen LogP contribution in [0.2, 0.25) is 0 Å². The normalized spacial score (nSPS) is 23.1. The molecule has 0 aliphatic carbocycles. The molecule has 0 spiro atoms. The fraction of sp³-hybridized carbons (Fsp3) is 0.571. The minimum Gasteiger partial charge on any atom is -0.469 e. The maximum atomic E-state index is 12.4. The van der Waals surface area contributed by atoms with Crippen LogP contribution in [0.4, 0.5) is 0 Å². The van der Waals surface area contributed by atoms with Gasteiger partial charge in [0.15, 0.2) is 5.78 Å². The van der Waals surface area contributed by atoms with Gasteiger partial charge in [0.1, 0.15) is 0 Å². The van der Waals surface area contributed by atoms with Crippen molar-refractivity contribution in [3.8, 4) is 0 Å². The van der Waals surface area contributed by atoms with Crippen molar-refractivity contribution in [3.63, 3.8) is 0 Å². The third-order valence-corrected chi connectivity index (χ3v) is 4.53. The second kappa shape index (κ2) is 6.30. The van der Waals surface area contributed by atoms with Gasteiger partial charge in [0.25, 0.3) is 0 Å². The Labute approximate surface area is 116 Å². The standard InChI is InChI=1S/C14H18O4S/c1-9-8-18-6-5-11(9)14(16)12-4-3-10(19-12)7-13(15)17-2/h3-4,9,11H,5-8H2,1-2H3. The van der Waals surface area contributed by atoms with E-state index in [2.05, 4.69) is 4.74 Å². The average molecular weight is 282 g/mol. The van der Waals surface area contributed by atoms with Gasteiger partial charge in [0.2, 0.25) is 0 Å². The molecule has 1 aliphatic rings. The first kappa shape index (κ1) is 14.2. The number of rotatable bonds is 4. The molecule has 1 aliphatic heterocycles. The molecule has 2 rings (SSSR count). The second-order valence-electron chi connectivity index (χ2n) is 4.83. The first-order chi connectivity index (χ1) is 9.11. The highest BCUT2D eigenvalue weighted by Gasteiger charge is 2.29. The smallest absolute Gasteiger partial charge is 0.310 e. The van der Waals surface area contributed by atoms with Crippen molar-refractivity contribution in [2.75, 3.05) is 20.3 Å². The second-order valence-corrected chi connectivity index (χ2v) is 6.00. The van der Waals surface area contributed by atoms with Gasteiger partial charge in [-0.25, -0.2) is 0 Å². The van der Waals surface area contributed by atoms with E-state index in [9.17, 15) is 9.59 Å². The van der Waals surface area contributed by atoms with Gasteiger partial charge >= 0.3 is 5.97 Å². The number of thiophene rings is 1. The Hall–Kier alpha value is -1.20. The zero-order valence-electron chi connectivity index (χ0n) is 11.2. The maximum absolute atomic E-state index is 12.4. The highest BCUT2D eigenvalue weighted by molar-refractivity contribution is 7.14. The Bertz CT molecular complexity index is 466. The van der Waals surface area contributed by atoms with Crippen LogP contribution in [0.15, 0.2) is 12.1 Å². The molecule has 2 atom stereocenters. The average Bonchev–Trinajstić information content (AvgIpc) is 2.87. The van der Waals surface area contributed by atoms with Gasteiger partial charge in [-0.1, -0.05) is 6.92 Å². The maximum Gasteiger partial charge on any atom is 0.310 e. The number of carbonyl (C=O) groups is 2. The molecule has 1 aromatic rings. The highest BCUT2D eigenvalue weighted by Crippen LogP contribution is 2.28. The van der Waals surface area contributed by atoms with Crippen molar-refractivity contribution in [2.45, 2.75) is 19.8 Å². The summed E-state index contributed by atoms with van der Waals surface area (Å²) in [6, 6.07) is 3.65. The van der Waals surface area contributed by atoms with Gasteiger partial charge in [-0.2, -0.15) is 0 Å². The zero-order valence-corrected chi connectivity index (χ0v) is 12.0. The van der Waals surface area contributed by atoms with Crippen molar-refractivity contribution in [1.29, 1.82) is 0 Å². The van der Waals surface area contributed by atoms with Crippen LogP contribution in [0.5, 0.6) is 0 Å². The molecule has 19 heavy (non-hydrogen) atoms. The lowest BCUT2D eigenvalue weighted by Gasteiger charge is -2.27. The largest absolute Gasteiger partial charge is 0.469 e. The molecule has 0 bridgehead atoms. The van der Waals surface area contributed by atoms with E-state index in [0.29, 0.717) is 13.2 Å². The van der Waals surface area contributed by atoms with Crippen LogP contribution < -0.4 is 0 Å². The van der Waals surface area contributed by atoms with E-state index in [0.717, 1.165) is 16.2 Å². The molecular formula is C14H18O4S. The summed E-state index contributed by atoms with van der Waals surface area (Å²) in [4.78, 5) is 25.2. The van der Waals surface area contributed by atoms with E-state index in [1.54, 1.807) is 0 Å². The molecule has 5 heteroatoms. The highest BCUT2D eigenvalue weighted by atomic mass is 32.1. The predicted molar refractivity (Wildman–Crippen MR) is 72.5 cm³/mol. The molecule has 0 radical (unpaired) electrons. The van der Waals surface area contributed by atoms with Gasteiger partial charge in [0, 0.05) is 24.0 Å². The lowest BCUT2D eigenvalue weighted by Crippen LogP contribution is -2.31. The summed E-state index contributed by atoms with van der Waals surface area (Å²) < 4.78 is 9.98. The van der Waals surface area contributed by atoms with Crippen molar-refractivity contribution in [2.24, 2.45) is 11.8 Å². The number of esters is 1. The van der Waals surface area contributed by atoms with Gasteiger partial charge < -0.3 is 9.47 Å². The molecule has 1 aromatic heterocycles. The third-order valence-electron chi connectivity index (χ3n) is 3.43. The van der Waals surface area contributed by atoms with Gasteiger partial charge in [-0.05, 0) is 24.5 Å². The molecule has 4 nitrogen and oxygen atoms in total. The van der Waals surface area contributed by atoms with E-state index >= 15 is 0 Å². The number of hydrogen-bond donors (Lipinski definition) is 0. The van der Waals surface area contributed by atoms with Crippen LogP contribution >= 0.6 is 11.3 Å². The SMILES string of the molecule is COC(=O)Cc1ccc(C(=O)C2CCOCC2C)s1. The van der Waals surface area contributed by atoms with Crippen LogP contribution in [0, 0.1) is 11.8 Å². The van der Waals surface area contributed by atoms with Crippen molar-refractivity contribution >= 4 is 23.1 Å². The summed E-state index contributed by atoms with van der Waals surface area (Å²) in [5.74, 6) is 0.197. The monoisotopic (exact) mass is 282 g/mol. The minimum atomic E-state index is -0.278. The number of ketones is 1. The summed E-state index contributed by atoms with van der Waals surface area (Å²) in [5.41, 5.74) is 0. The van der Waals surface area contributed by atoms with E-state index in [1.807, 2.05) is 19.1 Å². The van der Waals surface area contributed by atoms with E-state index < -0.39 is 0 Å². The van der Waals surface area contributed by atoms with Crippen molar-refractivity contribution in [1.82, 2.24) is 0 Å². The topological polar surface area (TPSA) is 52.6 Å². The summed E-state index contributed by atoms with van der Waals surface area (Å²) in [6.07, 6.45) is 1.02. The van der Waals surface area contributed by atoms with Gasteiger partial charge in [-0.3, -0.25) is 9.59 Å². The molecular weight excluding hydrogens is 264 g/mol. The molecule has 1 fully saturated rings. The lowest BCUT2D eigenvalue weighted by atomic mass is 9.86. The van der Waals surface area contributed by atoms with Gasteiger partial charge in [-0.15, -0.1) is 11.3 Å². The Balaban J connectivity index is 2.05.